The molecule has 7 heteroatoms. The zero-order chi connectivity index (χ0) is 13.4. The van der Waals surface area contributed by atoms with Gasteiger partial charge in [0.1, 0.15) is 10.6 Å². The van der Waals surface area contributed by atoms with Crippen LogP contribution in [-0.2, 0) is 14.3 Å². The Bertz CT molecular complexity index is 386. The first-order valence-electron chi connectivity index (χ1n) is 4.96. The van der Waals surface area contributed by atoms with Crippen LogP contribution in [0.2, 0.25) is 0 Å². The molecule has 17 heavy (non-hydrogen) atoms. The highest BCUT2D eigenvalue weighted by molar-refractivity contribution is 8.04. The summed E-state index contributed by atoms with van der Waals surface area (Å²) in [4.78, 5) is 24.0. The molecule has 1 atom stereocenters. The van der Waals surface area contributed by atoms with E-state index in [1.807, 2.05) is 20.8 Å². The maximum absolute atomic E-state index is 11.4. The second-order valence-corrected chi connectivity index (χ2v) is 5.60. The van der Waals surface area contributed by atoms with Crippen LogP contribution < -0.4 is 5.73 Å². The number of aliphatic carboxylic acids is 1. The molecule has 6 nitrogen and oxygen atoms in total. The number of carboxylic acids is 1. The normalized spacial score (nSPS) is 20.9. The van der Waals surface area contributed by atoms with E-state index in [9.17, 15) is 9.59 Å². The number of nitrogens with two attached hydrogens (primary N) is 1. The van der Waals surface area contributed by atoms with Gasteiger partial charge in [-0.1, -0.05) is 11.8 Å². The molecule has 1 amide bonds. The molecule has 0 spiro atoms. The zero-order valence-electron chi connectivity index (χ0n) is 10.2. The number of hydrogen-bond acceptors (Lipinski definition) is 5. The lowest BCUT2D eigenvalue weighted by Crippen LogP contribution is -2.47. The highest BCUT2D eigenvalue weighted by Gasteiger charge is 2.43. The van der Waals surface area contributed by atoms with Gasteiger partial charge in [0.25, 0.3) is 5.91 Å². The molecule has 0 bridgehead atoms. The number of carboxylic acid groups (broad SMARTS) is 1. The van der Waals surface area contributed by atoms with Gasteiger partial charge >= 0.3 is 5.97 Å². The molecule has 0 radical (unpaired) electrons. The minimum Gasteiger partial charge on any atom is -0.477 e. The Morgan fingerprint density at radius 1 is 1.47 bits per heavy atom. The molecule has 96 valence electrons. The first kappa shape index (κ1) is 13.9. The van der Waals surface area contributed by atoms with Crippen LogP contribution >= 0.6 is 11.8 Å². The fourth-order valence-electron chi connectivity index (χ4n) is 1.61. The van der Waals surface area contributed by atoms with Gasteiger partial charge in [0, 0.05) is 12.6 Å². The van der Waals surface area contributed by atoms with E-state index in [0.29, 0.717) is 0 Å². The Labute approximate surface area is 104 Å². The molecule has 1 unspecified atom stereocenters. The van der Waals surface area contributed by atoms with Gasteiger partial charge in [0.2, 0.25) is 0 Å². The van der Waals surface area contributed by atoms with Crippen LogP contribution in [0, 0.1) is 0 Å². The summed E-state index contributed by atoms with van der Waals surface area (Å²) in [5.41, 5.74) is 4.25. The van der Waals surface area contributed by atoms with Gasteiger partial charge in [0.15, 0.2) is 5.56 Å². The van der Waals surface area contributed by atoms with E-state index < -0.39 is 23.0 Å². The van der Waals surface area contributed by atoms with Crippen molar-refractivity contribution in [2.24, 2.45) is 5.73 Å². The Morgan fingerprint density at radius 3 is 2.29 bits per heavy atom. The molecule has 1 aliphatic rings. The summed E-state index contributed by atoms with van der Waals surface area (Å²) in [5.74, 6) is -1.93. The third-order valence-corrected chi connectivity index (χ3v) is 3.45. The van der Waals surface area contributed by atoms with Crippen molar-refractivity contribution < 1.29 is 19.4 Å². The summed E-state index contributed by atoms with van der Waals surface area (Å²) in [5, 5.41) is 9.06. The fraction of sp³-hybridized carbons (Fsp3) is 0.600. The number of primary amides is 1. The molecule has 0 fully saturated rings. The molecule has 0 aliphatic carbocycles. The van der Waals surface area contributed by atoms with Crippen molar-refractivity contribution in [1.29, 1.82) is 0 Å². The van der Waals surface area contributed by atoms with E-state index >= 15 is 0 Å². The fourth-order valence-corrected chi connectivity index (χ4v) is 2.85. The molecule has 0 aromatic carbocycles. The Kier molecular flexibility index (Phi) is 3.73. The van der Waals surface area contributed by atoms with Crippen molar-refractivity contribution in [2.75, 3.05) is 7.11 Å². The number of ether oxygens (including phenoxy) is 1. The standard InChI is InChI=1S/C10H16N2O4S/c1-10(2,3)12-5(7(11)13)6(8(14)15)17-9(12)16-4/h9H,1-4H3,(H2,11,13)(H,14,15). The van der Waals surface area contributed by atoms with Crippen LogP contribution in [0.4, 0.5) is 0 Å². The molecular formula is C10H16N2O4S. The number of methoxy groups -OCH3 is 1. The smallest absolute Gasteiger partial charge is 0.344 e. The second kappa shape index (κ2) is 4.58. The minimum atomic E-state index is -1.17. The number of carbonyl (C=O) groups is 2. The maximum Gasteiger partial charge on any atom is 0.344 e. The molecule has 1 rings (SSSR count). The lowest BCUT2D eigenvalue weighted by Gasteiger charge is -2.38. The Balaban J connectivity index is 3.30. The maximum atomic E-state index is 11.4. The van der Waals surface area contributed by atoms with Crippen LogP contribution in [0.25, 0.3) is 0 Å². The van der Waals surface area contributed by atoms with Gasteiger partial charge < -0.3 is 20.5 Å². The number of nitrogens with zero attached hydrogens (tertiary/aromatic N) is 1. The van der Waals surface area contributed by atoms with E-state index in [1.165, 1.54) is 7.11 Å². The number of amides is 1. The summed E-state index contributed by atoms with van der Waals surface area (Å²) in [6, 6.07) is 0. The van der Waals surface area contributed by atoms with E-state index in [4.69, 9.17) is 15.6 Å². The zero-order valence-corrected chi connectivity index (χ0v) is 11.0. The SMILES string of the molecule is COC1SC(C(=O)O)=C(C(N)=O)N1C(C)(C)C. The quantitative estimate of drug-likeness (QED) is 0.769. The van der Waals surface area contributed by atoms with Crippen LogP contribution in [0.3, 0.4) is 0 Å². The third kappa shape index (κ3) is 2.55. The average Bonchev–Trinajstić information content (AvgIpc) is 2.55. The van der Waals surface area contributed by atoms with Crippen molar-refractivity contribution in [3.63, 3.8) is 0 Å². The van der Waals surface area contributed by atoms with Crippen molar-refractivity contribution in [2.45, 2.75) is 31.9 Å². The summed E-state index contributed by atoms with van der Waals surface area (Å²) < 4.78 is 5.19. The summed E-state index contributed by atoms with van der Waals surface area (Å²) in [7, 11) is 1.46. The molecule has 0 aromatic heterocycles. The summed E-state index contributed by atoms with van der Waals surface area (Å²) in [6.07, 6.45) is 0. The monoisotopic (exact) mass is 260 g/mol. The molecule has 0 saturated heterocycles. The number of hydrogen-bond donors (Lipinski definition) is 2. The van der Waals surface area contributed by atoms with Gasteiger partial charge in [-0.2, -0.15) is 0 Å². The van der Waals surface area contributed by atoms with E-state index in [1.54, 1.807) is 4.90 Å². The number of rotatable bonds is 3. The van der Waals surface area contributed by atoms with Crippen molar-refractivity contribution in [1.82, 2.24) is 4.90 Å². The molecule has 1 aliphatic heterocycles. The molecular weight excluding hydrogens is 244 g/mol. The van der Waals surface area contributed by atoms with Gasteiger partial charge in [-0.25, -0.2) is 4.79 Å². The highest BCUT2D eigenvalue weighted by Crippen LogP contribution is 2.42. The van der Waals surface area contributed by atoms with E-state index in [2.05, 4.69) is 0 Å². The average molecular weight is 260 g/mol. The van der Waals surface area contributed by atoms with Gasteiger partial charge in [-0.3, -0.25) is 4.79 Å². The van der Waals surface area contributed by atoms with Crippen molar-refractivity contribution in [3.05, 3.63) is 10.6 Å². The topological polar surface area (TPSA) is 92.9 Å². The van der Waals surface area contributed by atoms with Gasteiger partial charge in [-0.15, -0.1) is 0 Å². The lowest BCUT2D eigenvalue weighted by atomic mass is 10.1. The third-order valence-electron chi connectivity index (χ3n) is 2.24. The molecule has 0 aromatic rings. The lowest BCUT2D eigenvalue weighted by molar-refractivity contribution is -0.132. The van der Waals surface area contributed by atoms with Crippen LogP contribution in [0.15, 0.2) is 10.6 Å². The van der Waals surface area contributed by atoms with E-state index in [-0.39, 0.29) is 10.6 Å². The minimum absolute atomic E-state index is 0.00171. The molecule has 3 N–H and O–H groups in total. The predicted molar refractivity (Wildman–Crippen MR) is 63.8 cm³/mol. The Hall–Kier alpha value is -1.21. The highest BCUT2D eigenvalue weighted by atomic mass is 32.2. The van der Waals surface area contributed by atoms with Crippen molar-refractivity contribution >= 4 is 23.6 Å². The molecule has 0 saturated carbocycles. The largest absolute Gasteiger partial charge is 0.477 e. The predicted octanol–water partition coefficient (Wildman–Crippen LogP) is 0.545. The Morgan fingerprint density at radius 2 is 2.00 bits per heavy atom. The summed E-state index contributed by atoms with van der Waals surface area (Å²) >= 11 is 0.973. The number of thioether (sulfide) groups is 1. The molecule has 1 heterocycles. The van der Waals surface area contributed by atoms with Crippen LogP contribution in [0.5, 0.6) is 0 Å². The second-order valence-electron chi connectivity index (χ2n) is 4.55. The van der Waals surface area contributed by atoms with Gasteiger partial charge in [-0.05, 0) is 20.8 Å². The van der Waals surface area contributed by atoms with Gasteiger partial charge in [0.05, 0.1) is 0 Å². The van der Waals surface area contributed by atoms with E-state index in [0.717, 1.165) is 11.8 Å². The van der Waals surface area contributed by atoms with Crippen LogP contribution in [0.1, 0.15) is 20.8 Å². The van der Waals surface area contributed by atoms with Crippen molar-refractivity contribution in [3.8, 4) is 0 Å². The first-order valence-corrected chi connectivity index (χ1v) is 5.84. The number of carbonyl (C=O) groups excluding carboxylic acids is 1. The van der Waals surface area contributed by atoms with Crippen LogP contribution in [-0.4, -0.2) is 40.1 Å². The first-order chi connectivity index (χ1) is 7.70. The summed E-state index contributed by atoms with van der Waals surface area (Å²) in [6.45, 7) is 5.56.